The molecule has 1 amide bonds. The molecular weight excluding hydrogens is 362 g/mol. The highest BCUT2D eigenvalue weighted by molar-refractivity contribution is 5.94. The third-order valence-electron chi connectivity index (χ3n) is 4.00. The van der Waals surface area contributed by atoms with Crippen LogP contribution in [0.5, 0.6) is 0 Å². The molecule has 0 spiro atoms. The highest BCUT2D eigenvalue weighted by Crippen LogP contribution is 2.21. The Kier molecular flexibility index (Phi) is 5.84. The molecule has 0 aromatic carbocycles. The molecule has 0 saturated carbocycles. The van der Waals surface area contributed by atoms with Gasteiger partial charge < -0.3 is 34.0 Å². The molecule has 1 aliphatic heterocycles. The molecule has 11 heteroatoms. The van der Waals surface area contributed by atoms with Crippen LogP contribution in [0.3, 0.4) is 0 Å². The van der Waals surface area contributed by atoms with Gasteiger partial charge in [-0.1, -0.05) is 0 Å². The average molecular weight is 381 g/mol. The molecule has 27 heavy (non-hydrogen) atoms. The van der Waals surface area contributed by atoms with Crippen LogP contribution in [0.25, 0.3) is 11.2 Å². The summed E-state index contributed by atoms with van der Waals surface area (Å²) >= 11 is 0. The minimum Gasteiger partial charge on any atom is -0.457 e. The van der Waals surface area contributed by atoms with Gasteiger partial charge in [0.25, 0.3) is 0 Å². The largest absolute Gasteiger partial charge is 0.457 e. The van der Waals surface area contributed by atoms with E-state index in [4.69, 9.17) is 18.3 Å². The normalized spacial score (nSPS) is 20.7. The Morgan fingerprint density at radius 2 is 2.30 bits per heavy atom. The number of amides is 1. The van der Waals surface area contributed by atoms with E-state index < -0.39 is 36.5 Å². The van der Waals surface area contributed by atoms with Gasteiger partial charge in [-0.15, -0.1) is 0 Å². The number of fused-ring (bicyclic) bond motifs is 1. The minimum absolute atomic E-state index is 0.0128. The molecule has 0 bridgehead atoms. The van der Waals surface area contributed by atoms with E-state index in [1.165, 1.54) is 12.3 Å². The van der Waals surface area contributed by atoms with E-state index in [9.17, 15) is 19.5 Å². The van der Waals surface area contributed by atoms with Crippen LogP contribution in [0, 0.1) is 0 Å². The van der Waals surface area contributed by atoms with E-state index in [0.717, 1.165) is 0 Å². The summed E-state index contributed by atoms with van der Waals surface area (Å²) in [6.07, 6.45) is 0.506. The zero-order chi connectivity index (χ0) is 19.4. The van der Waals surface area contributed by atoms with Gasteiger partial charge in [-0.3, -0.25) is 9.59 Å². The first kappa shape index (κ1) is 19.0. The lowest BCUT2D eigenvalue weighted by molar-refractivity contribution is -0.127. The van der Waals surface area contributed by atoms with Gasteiger partial charge in [-0.25, -0.2) is 4.79 Å². The number of aliphatic hydroxyl groups excluding tert-OH is 1. The second kappa shape index (κ2) is 8.29. The predicted molar refractivity (Wildman–Crippen MR) is 90.2 cm³/mol. The molecule has 0 radical (unpaired) electrons. The Hall–Kier alpha value is -2.76. The van der Waals surface area contributed by atoms with Crippen molar-refractivity contribution in [3.8, 4) is 0 Å². The van der Waals surface area contributed by atoms with E-state index in [1.807, 2.05) is 0 Å². The Labute approximate surface area is 152 Å². The number of carbonyl (C=O) groups is 2. The SMILES string of the molecule is CCOCC(Nc1nc(=O)oc2ccoc12)C(=O)NC1C(=O)COC1CO. The third-order valence-corrected chi connectivity index (χ3v) is 4.00. The summed E-state index contributed by atoms with van der Waals surface area (Å²) in [7, 11) is 0. The van der Waals surface area contributed by atoms with E-state index in [0.29, 0.717) is 6.61 Å². The van der Waals surface area contributed by atoms with Gasteiger partial charge in [0.05, 0.1) is 19.5 Å². The van der Waals surface area contributed by atoms with Crippen molar-refractivity contribution in [1.82, 2.24) is 10.3 Å². The number of nitrogens with zero attached hydrogens (tertiary/aromatic N) is 1. The van der Waals surface area contributed by atoms with Crippen molar-refractivity contribution in [3.05, 3.63) is 22.9 Å². The van der Waals surface area contributed by atoms with Gasteiger partial charge >= 0.3 is 5.76 Å². The summed E-state index contributed by atoms with van der Waals surface area (Å²) in [5.74, 6) is -1.77. The number of aromatic nitrogens is 1. The lowest BCUT2D eigenvalue weighted by Gasteiger charge is -2.22. The summed E-state index contributed by atoms with van der Waals surface area (Å²) in [5, 5.41) is 14.6. The van der Waals surface area contributed by atoms with Gasteiger partial charge in [-0.05, 0) is 6.92 Å². The third kappa shape index (κ3) is 4.15. The Morgan fingerprint density at radius 1 is 1.48 bits per heavy atom. The molecule has 1 fully saturated rings. The number of rotatable bonds is 8. The lowest BCUT2D eigenvalue weighted by Crippen LogP contribution is -2.52. The monoisotopic (exact) mass is 381 g/mol. The summed E-state index contributed by atoms with van der Waals surface area (Å²) < 4.78 is 20.6. The second-order valence-corrected chi connectivity index (χ2v) is 5.78. The molecular formula is C16H19N3O8. The summed E-state index contributed by atoms with van der Waals surface area (Å²) in [6, 6.07) is -0.507. The van der Waals surface area contributed by atoms with E-state index in [-0.39, 0.29) is 36.0 Å². The Balaban J connectivity index is 1.80. The molecule has 2 aromatic rings. The fourth-order valence-corrected chi connectivity index (χ4v) is 2.66. The van der Waals surface area contributed by atoms with Crippen molar-refractivity contribution in [2.45, 2.75) is 25.1 Å². The Morgan fingerprint density at radius 3 is 3.04 bits per heavy atom. The molecule has 1 saturated heterocycles. The van der Waals surface area contributed by atoms with E-state index in [2.05, 4.69) is 15.6 Å². The maximum absolute atomic E-state index is 12.7. The first-order valence-electron chi connectivity index (χ1n) is 8.31. The van der Waals surface area contributed by atoms with Crippen molar-refractivity contribution in [1.29, 1.82) is 0 Å². The molecule has 3 unspecified atom stereocenters. The molecule has 2 aromatic heterocycles. The fraction of sp³-hybridized carbons (Fsp3) is 0.500. The van der Waals surface area contributed by atoms with Crippen LogP contribution in [0.15, 0.2) is 26.0 Å². The first-order chi connectivity index (χ1) is 13.0. The van der Waals surface area contributed by atoms with Gasteiger partial charge in [-0.2, -0.15) is 4.98 Å². The van der Waals surface area contributed by atoms with Crippen LogP contribution < -0.4 is 16.4 Å². The number of ketones is 1. The van der Waals surface area contributed by atoms with Crippen molar-refractivity contribution >= 4 is 28.7 Å². The second-order valence-electron chi connectivity index (χ2n) is 5.78. The van der Waals surface area contributed by atoms with Crippen LogP contribution in [0.4, 0.5) is 5.82 Å². The minimum atomic E-state index is -0.986. The van der Waals surface area contributed by atoms with Crippen molar-refractivity contribution in [2.24, 2.45) is 0 Å². The molecule has 3 N–H and O–H groups in total. The fourth-order valence-electron chi connectivity index (χ4n) is 2.66. The first-order valence-corrected chi connectivity index (χ1v) is 8.31. The average Bonchev–Trinajstić information content (AvgIpc) is 3.25. The van der Waals surface area contributed by atoms with Gasteiger partial charge in [0.15, 0.2) is 17.2 Å². The number of hydrogen-bond donors (Lipinski definition) is 3. The number of furan rings is 1. The van der Waals surface area contributed by atoms with Crippen LogP contribution in [-0.4, -0.2) is 66.4 Å². The number of ether oxygens (including phenoxy) is 2. The molecule has 3 heterocycles. The lowest BCUT2D eigenvalue weighted by atomic mass is 10.1. The Bertz CT molecular complexity index is 876. The maximum atomic E-state index is 12.7. The van der Waals surface area contributed by atoms with Crippen LogP contribution in [-0.2, 0) is 19.1 Å². The quantitative estimate of drug-likeness (QED) is 0.521. The summed E-state index contributed by atoms with van der Waals surface area (Å²) in [6.45, 7) is 1.45. The van der Waals surface area contributed by atoms with E-state index in [1.54, 1.807) is 6.92 Å². The smallest absolute Gasteiger partial charge is 0.441 e. The molecule has 11 nitrogen and oxygen atoms in total. The van der Waals surface area contributed by atoms with Crippen molar-refractivity contribution in [2.75, 3.05) is 31.7 Å². The number of Topliss-reactive ketones (excluding diaryl/α,β-unsaturated/α-hetero) is 1. The van der Waals surface area contributed by atoms with Crippen LogP contribution in [0.1, 0.15) is 6.92 Å². The summed E-state index contributed by atoms with van der Waals surface area (Å²) in [4.78, 5) is 39.8. The van der Waals surface area contributed by atoms with Crippen molar-refractivity contribution < 1.29 is 33.0 Å². The topological polar surface area (TPSA) is 153 Å². The van der Waals surface area contributed by atoms with Crippen molar-refractivity contribution in [3.63, 3.8) is 0 Å². The highest BCUT2D eigenvalue weighted by atomic mass is 16.5. The van der Waals surface area contributed by atoms with Gasteiger partial charge in [0.2, 0.25) is 11.5 Å². The number of aliphatic hydroxyl groups is 1. The molecule has 1 aliphatic rings. The predicted octanol–water partition coefficient (Wildman–Crippen LogP) is -0.957. The molecule has 3 atom stereocenters. The zero-order valence-corrected chi connectivity index (χ0v) is 14.5. The zero-order valence-electron chi connectivity index (χ0n) is 14.5. The van der Waals surface area contributed by atoms with Crippen LogP contribution >= 0.6 is 0 Å². The number of hydrogen-bond acceptors (Lipinski definition) is 10. The van der Waals surface area contributed by atoms with Gasteiger partial charge in [0, 0.05) is 12.7 Å². The van der Waals surface area contributed by atoms with E-state index >= 15 is 0 Å². The maximum Gasteiger partial charge on any atom is 0.441 e. The number of anilines is 1. The van der Waals surface area contributed by atoms with Crippen LogP contribution in [0.2, 0.25) is 0 Å². The standard InChI is InChI=1S/C16H19N3O8/c1-2-24-6-8(15(22)18-12-9(21)7-26-11(12)5-20)17-14-13-10(3-4-25-13)27-16(23)19-14/h3-4,8,11-12,20H,2,5-7H2,1H3,(H,18,22)(H,17,19,23). The highest BCUT2D eigenvalue weighted by Gasteiger charge is 2.38. The number of nitrogens with one attached hydrogen (secondary N) is 2. The molecule has 3 rings (SSSR count). The summed E-state index contributed by atoms with van der Waals surface area (Å²) in [5.41, 5.74) is 0.338. The number of carbonyl (C=O) groups excluding carboxylic acids is 2. The van der Waals surface area contributed by atoms with Gasteiger partial charge in [0.1, 0.15) is 24.8 Å². The molecule has 146 valence electrons. The molecule has 0 aliphatic carbocycles.